The van der Waals surface area contributed by atoms with E-state index in [1.165, 1.54) is 17.7 Å². The predicted octanol–water partition coefficient (Wildman–Crippen LogP) is 5.56. The van der Waals surface area contributed by atoms with Crippen LogP contribution in [0.15, 0.2) is 48.5 Å². The quantitative estimate of drug-likeness (QED) is 0.236. The SMILES string of the molecule is CC(C)OC(=O)c1ccc(NC(=O)N(C(=O)[C@@H](N)Cc2ccc(O)cc2)[C@H]2CCCN(C(C)(C)CC3CC3)C2)cc1.O=C(O)C(F)(F)F. The smallest absolute Gasteiger partial charge is 0.490 e. The van der Waals surface area contributed by atoms with Crippen molar-refractivity contribution in [2.45, 2.75) is 96.1 Å². The molecule has 0 aromatic heterocycles. The maximum absolute atomic E-state index is 13.8. The van der Waals surface area contributed by atoms with Crippen LogP contribution in [0.1, 0.15) is 75.7 Å². The van der Waals surface area contributed by atoms with Gasteiger partial charge in [0.2, 0.25) is 5.91 Å². The Morgan fingerprint density at radius 2 is 1.60 bits per heavy atom. The number of urea groups is 1. The van der Waals surface area contributed by atoms with Gasteiger partial charge in [0.15, 0.2) is 0 Å². The van der Waals surface area contributed by atoms with E-state index >= 15 is 0 Å². The van der Waals surface area contributed by atoms with Gasteiger partial charge >= 0.3 is 24.1 Å². The summed E-state index contributed by atoms with van der Waals surface area (Å²) >= 11 is 0. The van der Waals surface area contributed by atoms with Crippen LogP contribution in [0.3, 0.4) is 0 Å². The van der Waals surface area contributed by atoms with Crippen molar-refractivity contribution in [1.29, 1.82) is 0 Å². The number of phenols is 1. The van der Waals surface area contributed by atoms with Gasteiger partial charge in [-0.15, -0.1) is 0 Å². The minimum atomic E-state index is -5.08. The molecule has 2 fully saturated rings. The molecule has 1 aliphatic carbocycles. The first-order chi connectivity index (χ1) is 22.4. The van der Waals surface area contributed by atoms with Crippen LogP contribution < -0.4 is 11.1 Å². The number of anilines is 1. The number of amides is 3. The van der Waals surface area contributed by atoms with Gasteiger partial charge in [-0.3, -0.25) is 14.6 Å². The van der Waals surface area contributed by atoms with E-state index in [2.05, 4.69) is 24.1 Å². The van der Waals surface area contributed by atoms with Crippen LogP contribution in [0.25, 0.3) is 0 Å². The number of likely N-dealkylation sites (tertiary alicyclic amines) is 1. The molecule has 0 bridgehead atoms. The summed E-state index contributed by atoms with van der Waals surface area (Å²) in [6.45, 7) is 9.58. The Morgan fingerprint density at radius 3 is 2.12 bits per heavy atom. The second kappa shape index (κ2) is 16.3. The molecule has 1 heterocycles. The number of nitrogens with one attached hydrogen (secondary N) is 1. The number of piperidine rings is 1. The summed E-state index contributed by atoms with van der Waals surface area (Å²) < 4.78 is 37.0. The number of carboxylic acid groups (broad SMARTS) is 1. The third-order valence-corrected chi connectivity index (χ3v) is 8.23. The van der Waals surface area contributed by atoms with Crippen molar-refractivity contribution in [3.8, 4) is 5.75 Å². The number of hydrogen-bond acceptors (Lipinski definition) is 8. The molecule has 5 N–H and O–H groups in total. The van der Waals surface area contributed by atoms with Crippen molar-refractivity contribution < 1.29 is 47.3 Å². The van der Waals surface area contributed by atoms with Crippen molar-refractivity contribution in [1.82, 2.24) is 9.80 Å². The fourth-order valence-corrected chi connectivity index (χ4v) is 5.63. The van der Waals surface area contributed by atoms with Gasteiger partial charge in [-0.1, -0.05) is 25.0 Å². The lowest BCUT2D eigenvalue weighted by Crippen LogP contribution is -2.60. The fourth-order valence-electron chi connectivity index (χ4n) is 5.63. The molecule has 1 saturated heterocycles. The minimum Gasteiger partial charge on any atom is -0.508 e. The molecule has 0 unspecified atom stereocenters. The van der Waals surface area contributed by atoms with Gasteiger partial charge in [-0.25, -0.2) is 14.4 Å². The Bertz CT molecular complexity index is 1410. The summed E-state index contributed by atoms with van der Waals surface area (Å²) in [7, 11) is 0. The van der Waals surface area contributed by atoms with Gasteiger partial charge in [0.25, 0.3) is 0 Å². The zero-order valence-corrected chi connectivity index (χ0v) is 27.6. The number of phenolic OH excluding ortho intramolecular Hbond substituents is 1. The molecule has 2 aromatic carbocycles. The van der Waals surface area contributed by atoms with Gasteiger partial charge in [-0.05, 0) is 108 Å². The molecule has 14 heteroatoms. The first kappa shape index (κ1) is 38.3. The molecule has 264 valence electrons. The van der Waals surface area contributed by atoms with Crippen LogP contribution in [-0.2, 0) is 20.7 Å². The Balaban J connectivity index is 0.000000804. The summed E-state index contributed by atoms with van der Waals surface area (Å²) in [5.41, 5.74) is 8.02. The molecule has 0 spiro atoms. The van der Waals surface area contributed by atoms with Crippen LogP contribution in [-0.4, -0.2) is 86.9 Å². The monoisotopic (exact) mass is 678 g/mol. The Kier molecular flexibility index (Phi) is 13.0. The third kappa shape index (κ3) is 11.5. The van der Waals surface area contributed by atoms with Crippen LogP contribution in [0, 0.1) is 5.92 Å². The molecule has 0 radical (unpaired) electrons. The molecule has 4 rings (SSSR count). The lowest BCUT2D eigenvalue weighted by atomic mass is 9.91. The first-order valence-electron chi connectivity index (χ1n) is 15.9. The number of carboxylic acids is 1. The fraction of sp³-hybridized carbons (Fsp3) is 0.529. The standard InChI is InChI=1S/C32H44N4O5.C2HF3O2/c1-21(2)41-30(39)24-11-13-25(14-12-24)34-31(40)36(29(38)28(33)18-22-9-15-27(37)16-10-22)26-6-5-17-35(20-26)32(3,4)19-23-7-8-23;3-2(4,5)1(6)7/h9-16,21,23,26,28,37H,5-8,17-20,33H2,1-4H3,(H,34,40);(H,6,7)/t26-,28-;/m0./s1. The zero-order chi connectivity index (χ0) is 35.8. The maximum atomic E-state index is 13.8. The number of carbonyl (C=O) groups is 4. The van der Waals surface area contributed by atoms with Gasteiger partial charge in [0.05, 0.1) is 23.8 Å². The highest BCUT2D eigenvalue weighted by Gasteiger charge is 2.41. The number of benzene rings is 2. The van der Waals surface area contributed by atoms with Crippen LogP contribution >= 0.6 is 0 Å². The zero-order valence-electron chi connectivity index (χ0n) is 27.6. The topological polar surface area (TPSA) is 162 Å². The number of ether oxygens (including phenoxy) is 1. The molecule has 2 aliphatic rings. The largest absolute Gasteiger partial charge is 0.508 e. The number of hydrogen-bond donors (Lipinski definition) is 4. The number of imide groups is 1. The molecule has 1 aliphatic heterocycles. The Morgan fingerprint density at radius 1 is 1.02 bits per heavy atom. The molecular weight excluding hydrogens is 633 g/mol. The van der Waals surface area contributed by atoms with Crippen molar-refractivity contribution >= 4 is 29.6 Å². The van der Waals surface area contributed by atoms with Crippen LogP contribution in [0.4, 0.5) is 23.7 Å². The summed E-state index contributed by atoms with van der Waals surface area (Å²) in [4.78, 5) is 52.4. The molecule has 1 saturated carbocycles. The molecule has 2 atom stereocenters. The minimum absolute atomic E-state index is 0.0282. The number of aliphatic carboxylic acids is 1. The number of nitrogens with two attached hydrogens (primary N) is 1. The van der Waals surface area contributed by atoms with Crippen molar-refractivity contribution in [2.75, 3.05) is 18.4 Å². The van der Waals surface area contributed by atoms with E-state index in [1.54, 1.807) is 62.4 Å². The summed E-state index contributed by atoms with van der Waals surface area (Å²) in [5.74, 6) is -2.75. The van der Waals surface area contributed by atoms with E-state index in [9.17, 15) is 32.7 Å². The predicted molar refractivity (Wildman–Crippen MR) is 172 cm³/mol. The van der Waals surface area contributed by atoms with Crippen molar-refractivity contribution in [3.05, 3.63) is 59.7 Å². The lowest BCUT2D eigenvalue weighted by Gasteiger charge is -2.46. The van der Waals surface area contributed by atoms with Crippen molar-refractivity contribution in [3.63, 3.8) is 0 Å². The molecule has 3 amide bonds. The third-order valence-electron chi connectivity index (χ3n) is 8.23. The summed E-state index contributed by atoms with van der Waals surface area (Å²) in [6, 6.07) is 11.2. The van der Waals surface area contributed by atoms with Crippen molar-refractivity contribution in [2.24, 2.45) is 11.7 Å². The van der Waals surface area contributed by atoms with E-state index in [0.717, 1.165) is 30.9 Å². The molecule has 2 aromatic rings. The number of carbonyl (C=O) groups excluding carboxylic acids is 3. The van der Waals surface area contributed by atoms with Crippen LogP contribution in [0.2, 0.25) is 0 Å². The van der Waals surface area contributed by atoms with E-state index in [-0.39, 0.29) is 29.9 Å². The highest BCUT2D eigenvalue weighted by atomic mass is 19.4. The number of aromatic hydroxyl groups is 1. The second-order valence-corrected chi connectivity index (χ2v) is 13.2. The van der Waals surface area contributed by atoms with E-state index < -0.39 is 36.1 Å². The highest BCUT2D eigenvalue weighted by Crippen LogP contribution is 2.39. The van der Waals surface area contributed by atoms with Gasteiger partial charge in [-0.2, -0.15) is 13.2 Å². The number of halogens is 3. The highest BCUT2D eigenvalue weighted by molar-refractivity contribution is 6.03. The number of esters is 1. The first-order valence-corrected chi connectivity index (χ1v) is 15.9. The Labute approximate surface area is 278 Å². The molecular formula is C34H45F3N4O7. The van der Waals surface area contributed by atoms with Gasteiger partial charge < -0.3 is 26.0 Å². The normalized spacial score (nSPS) is 17.5. The number of alkyl halides is 3. The number of rotatable bonds is 10. The van der Waals surface area contributed by atoms with Gasteiger partial charge in [0.1, 0.15) is 5.75 Å². The van der Waals surface area contributed by atoms with Gasteiger partial charge in [0, 0.05) is 17.8 Å². The summed E-state index contributed by atoms with van der Waals surface area (Å²) in [6.07, 6.45) is 0.125. The Hall–Kier alpha value is -4.17. The average molecular weight is 679 g/mol. The maximum Gasteiger partial charge on any atom is 0.490 e. The van der Waals surface area contributed by atoms with E-state index in [4.69, 9.17) is 20.4 Å². The molecule has 48 heavy (non-hydrogen) atoms. The number of nitrogens with zero attached hydrogens (tertiary/aromatic N) is 2. The second-order valence-electron chi connectivity index (χ2n) is 13.2. The average Bonchev–Trinajstić information content (AvgIpc) is 3.81. The summed E-state index contributed by atoms with van der Waals surface area (Å²) in [5, 5.41) is 19.6. The lowest BCUT2D eigenvalue weighted by molar-refractivity contribution is -0.192. The van der Waals surface area contributed by atoms with E-state index in [0.29, 0.717) is 24.2 Å². The molecule has 11 nitrogen and oxygen atoms in total. The van der Waals surface area contributed by atoms with E-state index in [1.807, 2.05) is 0 Å². The van der Waals surface area contributed by atoms with Crippen LogP contribution in [0.5, 0.6) is 5.75 Å².